The number of carbonyl (C=O) groups is 2. The van der Waals surface area contributed by atoms with Crippen molar-refractivity contribution in [3.05, 3.63) is 65.0 Å². The van der Waals surface area contributed by atoms with Gasteiger partial charge in [-0.1, -0.05) is 0 Å². The Morgan fingerprint density at radius 2 is 1.74 bits per heavy atom. The predicted molar refractivity (Wildman–Crippen MR) is 76.1 cm³/mol. The van der Waals surface area contributed by atoms with Crippen LogP contribution in [0.25, 0.3) is 0 Å². The fraction of sp³-hybridized carbons (Fsp3) is 0.176. The van der Waals surface area contributed by atoms with Crippen molar-refractivity contribution in [3.63, 3.8) is 0 Å². The average Bonchev–Trinajstić information content (AvgIpc) is 2.47. The molecule has 0 N–H and O–H groups in total. The van der Waals surface area contributed by atoms with Gasteiger partial charge in [0.25, 0.3) is 0 Å². The van der Waals surface area contributed by atoms with E-state index in [9.17, 15) is 19.1 Å². The number of aryl methyl sites for hydroxylation is 1. The van der Waals surface area contributed by atoms with Crippen LogP contribution in [0.3, 0.4) is 0 Å². The minimum atomic E-state index is -1.32. The number of rotatable bonds is 5. The minimum absolute atomic E-state index is 0. The molecule has 0 radical (unpaired) electrons. The monoisotopic (exact) mass is 324 g/mol. The van der Waals surface area contributed by atoms with Gasteiger partial charge in [0.05, 0.1) is 5.97 Å². The largest absolute Gasteiger partial charge is 1.00 e. The second-order valence-electron chi connectivity index (χ2n) is 4.89. The van der Waals surface area contributed by atoms with E-state index < -0.39 is 17.9 Å². The van der Waals surface area contributed by atoms with Gasteiger partial charge in [-0.15, -0.1) is 0 Å². The summed E-state index contributed by atoms with van der Waals surface area (Å²) in [5, 5.41) is 10.7. The number of carboxylic acid groups (broad SMARTS) is 1. The standard InChI is InChI=1S/C17H15FO4.Na/c1-10-9-14(22-11(2)17(20)21)7-8-15(10)16(19)12-3-5-13(18)6-4-12;/h3-9,11H,1-2H3,(H,20,21);/q;+1/p-1. The number of ether oxygens (including phenoxy) is 1. The second kappa shape index (κ2) is 8.24. The van der Waals surface area contributed by atoms with Gasteiger partial charge in [-0.3, -0.25) is 4.79 Å². The summed E-state index contributed by atoms with van der Waals surface area (Å²) in [5.41, 5.74) is 1.46. The van der Waals surface area contributed by atoms with Crippen molar-refractivity contribution in [1.29, 1.82) is 0 Å². The maximum atomic E-state index is 12.9. The van der Waals surface area contributed by atoms with Crippen LogP contribution < -0.4 is 39.4 Å². The molecule has 0 aromatic heterocycles. The topological polar surface area (TPSA) is 66.4 Å². The minimum Gasteiger partial charge on any atom is -0.546 e. The van der Waals surface area contributed by atoms with Crippen molar-refractivity contribution < 1.29 is 53.4 Å². The number of ketones is 1. The van der Waals surface area contributed by atoms with E-state index in [0.717, 1.165) is 0 Å². The van der Waals surface area contributed by atoms with E-state index in [1.165, 1.54) is 37.3 Å². The number of carboxylic acids is 1. The summed E-state index contributed by atoms with van der Waals surface area (Å²) < 4.78 is 18.1. The van der Waals surface area contributed by atoms with Crippen LogP contribution in [-0.2, 0) is 4.79 Å². The third-order valence-corrected chi connectivity index (χ3v) is 3.19. The van der Waals surface area contributed by atoms with Crippen LogP contribution in [0.2, 0.25) is 0 Å². The summed E-state index contributed by atoms with van der Waals surface area (Å²) in [4.78, 5) is 23.0. The van der Waals surface area contributed by atoms with Gasteiger partial charge in [0.15, 0.2) is 5.78 Å². The molecule has 4 nitrogen and oxygen atoms in total. The van der Waals surface area contributed by atoms with E-state index in [4.69, 9.17) is 4.74 Å². The normalized spacial score (nSPS) is 11.3. The Morgan fingerprint density at radius 3 is 2.26 bits per heavy atom. The van der Waals surface area contributed by atoms with Crippen molar-refractivity contribution in [3.8, 4) is 5.75 Å². The summed E-state index contributed by atoms with van der Waals surface area (Å²) in [6.45, 7) is 3.08. The average molecular weight is 324 g/mol. The Morgan fingerprint density at radius 1 is 1.13 bits per heavy atom. The van der Waals surface area contributed by atoms with Gasteiger partial charge in [0, 0.05) is 11.1 Å². The van der Waals surface area contributed by atoms with Gasteiger partial charge in [-0.2, -0.15) is 0 Å². The number of hydrogen-bond donors (Lipinski definition) is 0. The summed E-state index contributed by atoms with van der Waals surface area (Å²) in [5.74, 6) is -1.63. The Kier molecular flexibility index (Phi) is 6.94. The van der Waals surface area contributed by atoms with Crippen LogP contribution in [-0.4, -0.2) is 17.9 Å². The molecule has 1 unspecified atom stereocenters. The molecule has 0 aliphatic heterocycles. The van der Waals surface area contributed by atoms with Gasteiger partial charge >= 0.3 is 29.6 Å². The van der Waals surface area contributed by atoms with Crippen molar-refractivity contribution in [2.45, 2.75) is 20.0 Å². The van der Waals surface area contributed by atoms with Crippen molar-refractivity contribution >= 4 is 11.8 Å². The van der Waals surface area contributed by atoms with Crippen molar-refractivity contribution in [2.24, 2.45) is 0 Å². The molecule has 23 heavy (non-hydrogen) atoms. The van der Waals surface area contributed by atoms with Gasteiger partial charge < -0.3 is 14.6 Å². The summed E-state index contributed by atoms with van der Waals surface area (Å²) in [6, 6.07) is 9.93. The van der Waals surface area contributed by atoms with E-state index in [1.54, 1.807) is 19.1 Å². The number of aliphatic carboxylic acids is 1. The maximum absolute atomic E-state index is 12.9. The zero-order chi connectivity index (χ0) is 16.3. The van der Waals surface area contributed by atoms with Crippen LogP contribution in [0, 0.1) is 12.7 Å². The molecule has 0 saturated heterocycles. The first-order valence-corrected chi connectivity index (χ1v) is 6.67. The smallest absolute Gasteiger partial charge is 0.546 e. The Hall–Kier alpha value is -1.69. The van der Waals surface area contributed by atoms with Crippen molar-refractivity contribution in [1.82, 2.24) is 0 Å². The van der Waals surface area contributed by atoms with Crippen LogP contribution >= 0.6 is 0 Å². The molecule has 0 heterocycles. The first-order chi connectivity index (χ1) is 10.4. The summed E-state index contributed by atoms with van der Waals surface area (Å²) in [6.07, 6.45) is -1.09. The van der Waals surface area contributed by atoms with E-state index in [1.807, 2.05) is 0 Å². The zero-order valence-electron chi connectivity index (χ0n) is 13.1. The molecule has 0 aliphatic rings. The molecule has 0 fully saturated rings. The molecule has 2 rings (SSSR count). The Labute approximate surface area is 155 Å². The van der Waals surface area contributed by atoms with E-state index in [0.29, 0.717) is 22.4 Å². The first-order valence-electron chi connectivity index (χ1n) is 6.67. The van der Waals surface area contributed by atoms with Crippen molar-refractivity contribution in [2.75, 3.05) is 0 Å². The molecule has 6 heteroatoms. The quantitative estimate of drug-likeness (QED) is 0.517. The molecule has 0 spiro atoms. The molecule has 0 amide bonds. The van der Waals surface area contributed by atoms with Gasteiger partial charge in [-0.05, 0) is 61.9 Å². The van der Waals surface area contributed by atoms with Crippen LogP contribution in [0.15, 0.2) is 42.5 Å². The number of benzene rings is 2. The number of hydrogen-bond acceptors (Lipinski definition) is 4. The number of halogens is 1. The first kappa shape index (κ1) is 19.4. The summed E-state index contributed by atoms with van der Waals surface area (Å²) in [7, 11) is 0. The molecule has 114 valence electrons. The molecular formula is C17H14FNaO4. The predicted octanol–water partition coefficient (Wildman–Crippen LogP) is -1.11. The van der Waals surface area contributed by atoms with E-state index >= 15 is 0 Å². The Balaban J connectivity index is 0.00000264. The Bertz CT molecular complexity index is 713. The number of carbonyl (C=O) groups excluding carboxylic acids is 2. The van der Waals surface area contributed by atoms with Gasteiger partial charge in [0.1, 0.15) is 17.7 Å². The summed E-state index contributed by atoms with van der Waals surface area (Å²) >= 11 is 0. The maximum Gasteiger partial charge on any atom is 1.00 e. The molecule has 0 aliphatic carbocycles. The zero-order valence-corrected chi connectivity index (χ0v) is 15.1. The van der Waals surface area contributed by atoms with E-state index in [-0.39, 0.29) is 35.3 Å². The molecule has 0 saturated carbocycles. The molecule has 1 atom stereocenters. The molecule has 2 aromatic rings. The van der Waals surface area contributed by atoms with Crippen LogP contribution in [0.4, 0.5) is 4.39 Å². The second-order valence-corrected chi connectivity index (χ2v) is 4.89. The molecular weight excluding hydrogens is 310 g/mol. The van der Waals surface area contributed by atoms with Crippen LogP contribution in [0.1, 0.15) is 28.4 Å². The third kappa shape index (κ3) is 4.89. The molecule has 2 aromatic carbocycles. The fourth-order valence-electron chi connectivity index (χ4n) is 1.97. The molecule has 0 bridgehead atoms. The van der Waals surface area contributed by atoms with Gasteiger partial charge in [0.2, 0.25) is 0 Å². The van der Waals surface area contributed by atoms with Gasteiger partial charge in [-0.25, -0.2) is 4.39 Å². The SMILES string of the molecule is Cc1cc(OC(C)C(=O)[O-])ccc1C(=O)c1ccc(F)cc1.[Na+]. The van der Waals surface area contributed by atoms with Crippen LogP contribution in [0.5, 0.6) is 5.75 Å². The van der Waals surface area contributed by atoms with E-state index in [2.05, 4.69) is 0 Å². The fourth-order valence-corrected chi connectivity index (χ4v) is 1.97. The third-order valence-electron chi connectivity index (χ3n) is 3.19.